The van der Waals surface area contributed by atoms with E-state index in [9.17, 15) is 0 Å². The Kier molecular flexibility index (Phi) is 1.36. The van der Waals surface area contributed by atoms with E-state index in [4.69, 9.17) is 10.6 Å². The average Bonchev–Trinajstić information content (AvgIpc) is 2.47. The third-order valence-corrected chi connectivity index (χ3v) is 1.68. The second kappa shape index (κ2) is 2.37. The molecule has 0 saturated carbocycles. The highest BCUT2D eigenvalue weighted by Crippen LogP contribution is 2.16. The number of aromatic nitrogens is 3. The van der Waals surface area contributed by atoms with Crippen LogP contribution < -0.4 is 10.6 Å². The first-order valence-corrected chi connectivity index (χ1v) is 3.46. The molecule has 1 heterocycles. The van der Waals surface area contributed by atoms with E-state index in [2.05, 4.69) is 10.3 Å². The summed E-state index contributed by atoms with van der Waals surface area (Å²) in [4.78, 5) is 1.23. The molecular weight excluding hydrogens is 156 g/mol. The first kappa shape index (κ1) is 6.90. The summed E-state index contributed by atoms with van der Waals surface area (Å²) in [5.41, 5.74) is 1.52. The number of nitrogens with two attached hydrogens (primary N) is 1. The molecule has 0 radical (unpaired) electrons. The van der Waals surface area contributed by atoms with Crippen LogP contribution in [0.15, 0.2) is 18.2 Å². The highest BCUT2D eigenvalue weighted by molar-refractivity contribution is 5.75. The molecule has 2 rings (SSSR count). The summed E-state index contributed by atoms with van der Waals surface area (Å²) in [7, 11) is 1.61. The molecule has 0 fully saturated rings. The van der Waals surface area contributed by atoms with E-state index in [1.165, 1.54) is 4.79 Å². The summed E-state index contributed by atoms with van der Waals surface area (Å²) < 4.78 is 5.01. The molecule has 5 heteroatoms. The van der Waals surface area contributed by atoms with Crippen molar-refractivity contribution in [3.63, 3.8) is 0 Å². The van der Waals surface area contributed by atoms with E-state index in [0.717, 1.165) is 16.8 Å². The molecule has 62 valence electrons. The van der Waals surface area contributed by atoms with Crippen molar-refractivity contribution in [3.05, 3.63) is 18.2 Å². The fraction of sp³-hybridized carbons (Fsp3) is 0.143. The molecule has 12 heavy (non-hydrogen) atoms. The van der Waals surface area contributed by atoms with Crippen LogP contribution in [0.1, 0.15) is 0 Å². The van der Waals surface area contributed by atoms with Crippen molar-refractivity contribution < 1.29 is 4.74 Å². The number of ether oxygens (including phenoxy) is 1. The second-order valence-electron chi connectivity index (χ2n) is 2.39. The number of benzene rings is 1. The normalized spacial score (nSPS) is 10.4. The molecular formula is C7H8N4O. The van der Waals surface area contributed by atoms with Crippen LogP contribution in [0.4, 0.5) is 0 Å². The number of fused-ring (bicyclic) bond motifs is 1. The third-order valence-electron chi connectivity index (χ3n) is 1.68. The summed E-state index contributed by atoms with van der Waals surface area (Å²) in [6.07, 6.45) is 0. The number of methoxy groups -OCH3 is 1. The van der Waals surface area contributed by atoms with Gasteiger partial charge in [-0.15, -0.1) is 5.10 Å². The molecule has 0 amide bonds. The third kappa shape index (κ3) is 0.868. The van der Waals surface area contributed by atoms with Gasteiger partial charge in [0.25, 0.3) is 0 Å². The fourth-order valence-corrected chi connectivity index (χ4v) is 1.05. The zero-order chi connectivity index (χ0) is 8.55. The van der Waals surface area contributed by atoms with Crippen molar-refractivity contribution in [2.24, 2.45) is 0 Å². The quantitative estimate of drug-likeness (QED) is 0.609. The number of nitrogen functional groups attached to an aromatic ring is 1. The lowest BCUT2D eigenvalue weighted by Crippen LogP contribution is -2.09. The predicted molar refractivity (Wildman–Crippen MR) is 44.2 cm³/mol. The second-order valence-corrected chi connectivity index (χ2v) is 2.39. The largest absolute Gasteiger partial charge is 0.497 e. The lowest BCUT2D eigenvalue weighted by molar-refractivity contribution is 0.415. The van der Waals surface area contributed by atoms with E-state index in [0.29, 0.717) is 0 Å². The zero-order valence-electron chi connectivity index (χ0n) is 6.56. The standard InChI is InChI=1S/C7H8N4O/c1-12-5-2-3-7-6(4-5)9-10-11(7)8/h2-4H,8H2,1H3. The van der Waals surface area contributed by atoms with Gasteiger partial charge in [-0.1, -0.05) is 0 Å². The Balaban J connectivity index is 2.69. The van der Waals surface area contributed by atoms with Crippen LogP contribution in [-0.4, -0.2) is 22.2 Å². The van der Waals surface area contributed by atoms with Crippen LogP contribution in [0.25, 0.3) is 11.0 Å². The SMILES string of the molecule is COc1ccc2c(c1)nnn2N. The number of hydrogen-bond donors (Lipinski definition) is 1. The minimum atomic E-state index is 0.733. The lowest BCUT2D eigenvalue weighted by atomic mass is 10.3. The molecule has 0 aliphatic rings. The van der Waals surface area contributed by atoms with Gasteiger partial charge in [-0.25, -0.2) is 0 Å². The van der Waals surface area contributed by atoms with E-state index in [1.807, 2.05) is 12.1 Å². The highest BCUT2D eigenvalue weighted by atomic mass is 16.5. The van der Waals surface area contributed by atoms with Crippen molar-refractivity contribution in [1.29, 1.82) is 0 Å². The van der Waals surface area contributed by atoms with Crippen molar-refractivity contribution in [1.82, 2.24) is 15.1 Å². The first-order chi connectivity index (χ1) is 5.81. The van der Waals surface area contributed by atoms with E-state index in [1.54, 1.807) is 13.2 Å². The van der Waals surface area contributed by atoms with Gasteiger partial charge in [0.15, 0.2) is 0 Å². The molecule has 2 N–H and O–H groups in total. The summed E-state index contributed by atoms with van der Waals surface area (Å²) in [6, 6.07) is 5.41. The summed E-state index contributed by atoms with van der Waals surface area (Å²) >= 11 is 0. The minimum Gasteiger partial charge on any atom is -0.497 e. The van der Waals surface area contributed by atoms with Crippen molar-refractivity contribution in [2.75, 3.05) is 13.0 Å². The zero-order valence-corrected chi connectivity index (χ0v) is 6.56. The first-order valence-electron chi connectivity index (χ1n) is 3.46. The molecule has 0 spiro atoms. The Hall–Kier alpha value is -1.78. The predicted octanol–water partition coefficient (Wildman–Crippen LogP) is 0.154. The monoisotopic (exact) mass is 164 g/mol. The topological polar surface area (TPSA) is 66.0 Å². The number of nitrogens with zero attached hydrogens (tertiary/aromatic N) is 3. The van der Waals surface area contributed by atoms with Crippen molar-refractivity contribution in [3.8, 4) is 5.75 Å². The Morgan fingerprint density at radius 3 is 3.08 bits per heavy atom. The summed E-state index contributed by atoms with van der Waals surface area (Å²) in [6.45, 7) is 0. The molecule has 1 aromatic carbocycles. The van der Waals surface area contributed by atoms with E-state index in [-0.39, 0.29) is 0 Å². The Morgan fingerprint density at radius 1 is 1.50 bits per heavy atom. The van der Waals surface area contributed by atoms with Crippen molar-refractivity contribution >= 4 is 11.0 Å². The van der Waals surface area contributed by atoms with Gasteiger partial charge in [0.05, 0.1) is 7.11 Å². The lowest BCUT2D eigenvalue weighted by Gasteiger charge is -1.97. The van der Waals surface area contributed by atoms with Crippen LogP contribution in [0.2, 0.25) is 0 Å². The Morgan fingerprint density at radius 2 is 2.33 bits per heavy atom. The summed E-state index contributed by atoms with van der Waals surface area (Å²) in [5.74, 6) is 6.22. The van der Waals surface area contributed by atoms with Gasteiger partial charge in [0.2, 0.25) is 0 Å². The fourth-order valence-electron chi connectivity index (χ4n) is 1.05. The summed E-state index contributed by atoms with van der Waals surface area (Å²) in [5, 5.41) is 7.49. The maximum atomic E-state index is 5.47. The van der Waals surface area contributed by atoms with Crippen LogP contribution >= 0.6 is 0 Å². The molecule has 0 atom stereocenters. The van der Waals surface area contributed by atoms with Crippen LogP contribution in [0, 0.1) is 0 Å². The van der Waals surface area contributed by atoms with Gasteiger partial charge < -0.3 is 10.6 Å². The van der Waals surface area contributed by atoms with Gasteiger partial charge in [-0.3, -0.25) is 0 Å². The van der Waals surface area contributed by atoms with Crippen LogP contribution in [0.3, 0.4) is 0 Å². The molecule has 0 unspecified atom stereocenters. The Labute approximate surface area is 68.7 Å². The maximum Gasteiger partial charge on any atom is 0.121 e. The molecule has 5 nitrogen and oxygen atoms in total. The number of rotatable bonds is 1. The highest BCUT2D eigenvalue weighted by Gasteiger charge is 2.01. The van der Waals surface area contributed by atoms with E-state index >= 15 is 0 Å². The van der Waals surface area contributed by atoms with Gasteiger partial charge in [0.1, 0.15) is 16.8 Å². The average molecular weight is 164 g/mol. The Bertz CT molecular complexity index is 409. The smallest absolute Gasteiger partial charge is 0.121 e. The molecule has 2 aromatic rings. The minimum absolute atomic E-state index is 0.733. The number of hydrogen-bond acceptors (Lipinski definition) is 4. The molecule has 0 aliphatic carbocycles. The van der Waals surface area contributed by atoms with E-state index < -0.39 is 0 Å². The van der Waals surface area contributed by atoms with Crippen molar-refractivity contribution in [2.45, 2.75) is 0 Å². The van der Waals surface area contributed by atoms with Gasteiger partial charge in [-0.2, -0.15) is 4.79 Å². The molecule has 0 aliphatic heterocycles. The molecule has 0 bridgehead atoms. The van der Waals surface area contributed by atoms with Gasteiger partial charge >= 0.3 is 0 Å². The van der Waals surface area contributed by atoms with Gasteiger partial charge in [0, 0.05) is 6.07 Å². The van der Waals surface area contributed by atoms with Gasteiger partial charge in [-0.05, 0) is 17.3 Å². The van der Waals surface area contributed by atoms with Crippen LogP contribution in [-0.2, 0) is 0 Å². The maximum absolute atomic E-state index is 5.47. The van der Waals surface area contributed by atoms with Crippen LogP contribution in [0.5, 0.6) is 5.75 Å². The molecule has 1 aromatic heterocycles. The molecule has 0 saturated heterocycles.